The number of aryl methyl sites for hydroxylation is 1. The first-order valence-electron chi connectivity index (χ1n) is 5.09. The van der Waals surface area contributed by atoms with E-state index in [0.29, 0.717) is 0 Å². The van der Waals surface area contributed by atoms with E-state index < -0.39 is 0 Å². The Morgan fingerprint density at radius 2 is 2.15 bits per heavy atom. The van der Waals surface area contributed by atoms with E-state index in [0.717, 1.165) is 6.42 Å². The quantitative estimate of drug-likeness (QED) is 0.639. The molecule has 0 radical (unpaired) electrons. The molecule has 68 valence electrons. The molecule has 13 heavy (non-hydrogen) atoms. The second kappa shape index (κ2) is 3.37. The Morgan fingerprint density at radius 3 is 2.92 bits per heavy atom. The molecule has 2 rings (SSSR count). The van der Waals surface area contributed by atoms with Gasteiger partial charge in [-0.3, -0.25) is 0 Å². The first-order valence-corrected chi connectivity index (χ1v) is 5.09. The average Bonchev–Trinajstić information content (AvgIpc) is 2.47. The van der Waals surface area contributed by atoms with Crippen LogP contribution in [0.25, 0.3) is 6.08 Å². The fraction of sp³-hybridized carbons (Fsp3) is 0.385. The van der Waals surface area contributed by atoms with Crippen molar-refractivity contribution in [2.75, 3.05) is 0 Å². The molecule has 0 heteroatoms. The molecule has 0 nitrogen and oxygen atoms in total. The van der Waals surface area contributed by atoms with E-state index >= 15 is 0 Å². The Hall–Kier alpha value is -1.04. The Balaban J connectivity index is 2.42. The van der Waals surface area contributed by atoms with Crippen LogP contribution in [0.5, 0.6) is 0 Å². The van der Waals surface area contributed by atoms with Crippen LogP contribution in [0.2, 0.25) is 0 Å². The van der Waals surface area contributed by atoms with E-state index in [1.54, 1.807) is 0 Å². The molecule has 0 N–H and O–H groups in total. The number of benzene rings is 1. The Bertz CT molecular complexity index is 345. The third-order valence-electron chi connectivity index (χ3n) is 2.67. The number of hydrogen-bond donors (Lipinski definition) is 0. The summed E-state index contributed by atoms with van der Waals surface area (Å²) >= 11 is 0. The van der Waals surface area contributed by atoms with E-state index in [9.17, 15) is 0 Å². The third-order valence-corrected chi connectivity index (χ3v) is 2.67. The summed E-state index contributed by atoms with van der Waals surface area (Å²) < 4.78 is 0. The summed E-state index contributed by atoms with van der Waals surface area (Å²) in [7, 11) is 0. The molecule has 1 aliphatic carbocycles. The maximum absolute atomic E-state index is 2.35. The van der Waals surface area contributed by atoms with Crippen molar-refractivity contribution >= 4 is 6.08 Å². The molecule has 1 aromatic rings. The van der Waals surface area contributed by atoms with Gasteiger partial charge in [-0.2, -0.15) is 0 Å². The van der Waals surface area contributed by atoms with Crippen molar-refractivity contribution in [3.05, 3.63) is 40.5 Å². The van der Waals surface area contributed by atoms with Crippen LogP contribution in [0, 0.1) is 0 Å². The summed E-state index contributed by atoms with van der Waals surface area (Å²) in [6.07, 6.45) is 5.96. The van der Waals surface area contributed by atoms with Gasteiger partial charge in [0, 0.05) is 0 Å². The summed E-state index contributed by atoms with van der Waals surface area (Å²) in [6.45, 7) is 4.46. The van der Waals surface area contributed by atoms with Crippen molar-refractivity contribution in [3.8, 4) is 0 Å². The molecule has 0 saturated heterocycles. The van der Waals surface area contributed by atoms with Gasteiger partial charge >= 0.3 is 0 Å². The highest BCUT2D eigenvalue weighted by Crippen LogP contribution is 2.28. The zero-order valence-corrected chi connectivity index (χ0v) is 8.43. The second-order valence-electron chi connectivity index (χ2n) is 3.91. The highest BCUT2D eigenvalue weighted by atomic mass is 14.2. The van der Waals surface area contributed by atoms with E-state index in [2.05, 4.69) is 38.1 Å². The molecular weight excluding hydrogens is 156 g/mol. The molecule has 0 amide bonds. The van der Waals surface area contributed by atoms with Crippen LogP contribution in [-0.4, -0.2) is 0 Å². The van der Waals surface area contributed by atoms with Gasteiger partial charge in [0.25, 0.3) is 0 Å². The van der Waals surface area contributed by atoms with E-state index in [1.165, 1.54) is 35.1 Å². The van der Waals surface area contributed by atoms with Crippen molar-refractivity contribution in [1.82, 2.24) is 0 Å². The van der Waals surface area contributed by atoms with Crippen LogP contribution in [-0.2, 0) is 12.8 Å². The predicted molar refractivity (Wildman–Crippen MR) is 57.8 cm³/mol. The van der Waals surface area contributed by atoms with Gasteiger partial charge < -0.3 is 0 Å². The Kier molecular flexibility index (Phi) is 2.22. The molecule has 0 unspecified atom stereocenters. The van der Waals surface area contributed by atoms with Crippen LogP contribution in [0.1, 0.15) is 37.0 Å². The maximum atomic E-state index is 2.35. The summed E-state index contributed by atoms with van der Waals surface area (Å²) in [5, 5.41) is 0. The normalized spacial score (nSPS) is 14.2. The van der Waals surface area contributed by atoms with Gasteiger partial charge in [-0.15, -0.1) is 0 Å². The molecule has 0 aromatic heterocycles. The Labute approximate surface area is 80.3 Å². The molecule has 0 atom stereocenters. The minimum Gasteiger partial charge on any atom is -0.0683 e. The maximum Gasteiger partial charge on any atom is -0.00605 e. The molecule has 0 fully saturated rings. The van der Waals surface area contributed by atoms with Crippen LogP contribution < -0.4 is 0 Å². The second-order valence-corrected chi connectivity index (χ2v) is 3.91. The van der Waals surface area contributed by atoms with Gasteiger partial charge in [0.05, 0.1) is 0 Å². The van der Waals surface area contributed by atoms with E-state index in [1.807, 2.05) is 0 Å². The van der Waals surface area contributed by atoms with Gasteiger partial charge in [-0.1, -0.05) is 43.2 Å². The minimum absolute atomic E-state index is 1.16. The summed E-state index contributed by atoms with van der Waals surface area (Å²) in [5.74, 6) is 0. The van der Waals surface area contributed by atoms with Gasteiger partial charge in [0.2, 0.25) is 0 Å². The van der Waals surface area contributed by atoms with Crippen molar-refractivity contribution in [1.29, 1.82) is 0 Å². The van der Waals surface area contributed by atoms with Crippen molar-refractivity contribution in [3.63, 3.8) is 0 Å². The summed E-state index contributed by atoms with van der Waals surface area (Å²) in [6, 6.07) is 6.70. The van der Waals surface area contributed by atoms with Gasteiger partial charge in [-0.25, -0.2) is 0 Å². The fourth-order valence-electron chi connectivity index (χ4n) is 2.09. The lowest BCUT2D eigenvalue weighted by atomic mass is 10.0. The topological polar surface area (TPSA) is 0 Å². The SMILES string of the molecule is CCCc1cccc2c1C=C(C)C2. The van der Waals surface area contributed by atoms with Gasteiger partial charge in [0.1, 0.15) is 0 Å². The number of allylic oxidation sites excluding steroid dienone is 1. The Morgan fingerprint density at radius 1 is 1.31 bits per heavy atom. The zero-order valence-electron chi connectivity index (χ0n) is 8.43. The fourth-order valence-corrected chi connectivity index (χ4v) is 2.09. The first kappa shape index (κ1) is 8.55. The van der Waals surface area contributed by atoms with Crippen molar-refractivity contribution < 1.29 is 0 Å². The summed E-state index contributed by atoms with van der Waals surface area (Å²) in [5.41, 5.74) is 6.04. The van der Waals surface area contributed by atoms with Crippen LogP contribution >= 0.6 is 0 Å². The lowest BCUT2D eigenvalue weighted by Gasteiger charge is -2.05. The highest BCUT2D eigenvalue weighted by Gasteiger charge is 2.11. The molecule has 0 bridgehead atoms. The number of fused-ring (bicyclic) bond motifs is 1. The van der Waals surface area contributed by atoms with Crippen LogP contribution in [0.15, 0.2) is 23.8 Å². The van der Waals surface area contributed by atoms with Crippen molar-refractivity contribution in [2.24, 2.45) is 0 Å². The highest BCUT2D eigenvalue weighted by molar-refractivity contribution is 5.66. The standard InChI is InChI=1S/C13H16/c1-3-5-11-6-4-7-12-8-10(2)9-13(11)12/h4,6-7,9H,3,5,8H2,1-2H3. The molecule has 1 aliphatic rings. The van der Waals surface area contributed by atoms with Crippen LogP contribution in [0.3, 0.4) is 0 Å². The molecule has 0 saturated carbocycles. The van der Waals surface area contributed by atoms with Gasteiger partial charge in [-0.05, 0) is 36.5 Å². The molecule has 0 heterocycles. The lowest BCUT2D eigenvalue weighted by molar-refractivity contribution is 0.917. The van der Waals surface area contributed by atoms with Crippen molar-refractivity contribution in [2.45, 2.75) is 33.1 Å². The molecular formula is C13H16. The predicted octanol–water partition coefficient (Wildman–Crippen LogP) is 3.60. The summed E-state index contributed by atoms with van der Waals surface area (Å²) in [4.78, 5) is 0. The van der Waals surface area contributed by atoms with Gasteiger partial charge in [0.15, 0.2) is 0 Å². The molecule has 0 spiro atoms. The largest absolute Gasteiger partial charge is 0.0683 e. The molecule has 0 aliphatic heterocycles. The van der Waals surface area contributed by atoms with E-state index in [-0.39, 0.29) is 0 Å². The average molecular weight is 172 g/mol. The van der Waals surface area contributed by atoms with Crippen LogP contribution in [0.4, 0.5) is 0 Å². The first-order chi connectivity index (χ1) is 6.31. The van der Waals surface area contributed by atoms with E-state index in [4.69, 9.17) is 0 Å². The lowest BCUT2D eigenvalue weighted by Crippen LogP contribution is -1.90. The third kappa shape index (κ3) is 1.53. The minimum atomic E-state index is 1.16. The smallest absolute Gasteiger partial charge is 0.00605 e. The molecule has 1 aromatic carbocycles. The number of hydrogen-bond acceptors (Lipinski definition) is 0. The number of rotatable bonds is 2. The monoisotopic (exact) mass is 172 g/mol. The zero-order chi connectivity index (χ0) is 9.26.